The molecule has 4 heteroatoms. The highest BCUT2D eigenvalue weighted by atomic mass is 35.5. The van der Waals surface area contributed by atoms with Gasteiger partial charge in [-0.25, -0.2) is 0 Å². The normalized spacial score (nSPS) is 12.9. The van der Waals surface area contributed by atoms with Gasteiger partial charge in [-0.05, 0) is 13.8 Å². The maximum Gasteiger partial charge on any atom is 0.117 e. The Kier molecular flexibility index (Phi) is 11.4. The molecule has 0 saturated heterocycles. The van der Waals surface area contributed by atoms with Gasteiger partial charge in [-0.15, -0.1) is 23.2 Å². The smallest absolute Gasteiger partial charge is 0.117 e. The molecule has 0 aromatic heterocycles. The summed E-state index contributed by atoms with van der Waals surface area (Å²) in [6, 6.07) is 3.78. The van der Waals surface area contributed by atoms with Crippen molar-refractivity contribution in [2.75, 3.05) is 5.88 Å². The molecule has 2 nitrogen and oxygen atoms in total. The Hall–Kier alpha value is -0.440. The van der Waals surface area contributed by atoms with Crippen LogP contribution in [0.25, 0.3) is 0 Å². The van der Waals surface area contributed by atoms with E-state index in [1.807, 2.05) is 6.07 Å². The van der Waals surface area contributed by atoms with E-state index in [9.17, 15) is 0 Å². The molecular formula is C7H10Cl2N2. The lowest BCUT2D eigenvalue weighted by atomic mass is 10.3. The fourth-order valence-corrected chi connectivity index (χ4v) is 0.104. The van der Waals surface area contributed by atoms with Crippen LogP contribution < -0.4 is 0 Å². The molecule has 0 fully saturated rings. The highest BCUT2D eigenvalue weighted by molar-refractivity contribution is 6.21. The highest BCUT2D eigenvalue weighted by Gasteiger charge is 1.90. The van der Waals surface area contributed by atoms with Crippen molar-refractivity contribution in [2.24, 2.45) is 5.92 Å². The molecule has 0 spiro atoms. The van der Waals surface area contributed by atoms with E-state index in [4.69, 9.17) is 33.7 Å². The quantitative estimate of drug-likeness (QED) is 0.600. The number of alkyl halides is 2. The van der Waals surface area contributed by atoms with Crippen molar-refractivity contribution < 1.29 is 0 Å². The van der Waals surface area contributed by atoms with Gasteiger partial charge >= 0.3 is 0 Å². The molecule has 2 atom stereocenters. The van der Waals surface area contributed by atoms with Gasteiger partial charge in [-0.1, -0.05) is 0 Å². The van der Waals surface area contributed by atoms with Gasteiger partial charge in [0.2, 0.25) is 0 Å². The Balaban J connectivity index is 0. The van der Waals surface area contributed by atoms with Crippen molar-refractivity contribution in [1.29, 1.82) is 10.5 Å². The second-order valence-corrected chi connectivity index (χ2v) is 2.89. The summed E-state index contributed by atoms with van der Waals surface area (Å²) in [5.41, 5.74) is 0. The van der Waals surface area contributed by atoms with Gasteiger partial charge in [-0.2, -0.15) is 10.5 Å². The zero-order chi connectivity index (χ0) is 9.28. The summed E-state index contributed by atoms with van der Waals surface area (Å²) >= 11 is 10.3. The van der Waals surface area contributed by atoms with E-state index in [0.717, 1.165) is 0 Å². The third-order valence-electron chi connectivity index (χ3n) is 0.630. The summed E-state index contributed by atoms with van der Waals surface area (Å²) in [5.74, 6) is 0.447. The monoisotopic (exact) mass is 192 g/mol. The molecule has 2 unspecified atom stereocenters. The van der Waals surface area contributed by atoms with Crippen molar-refractivity contribution in [3.63, 3.8) is 0 Å². The standard InChI is InChI=1S/C4H6ClN.C3H4ClN/c1-4(2-5)3-6;1-3(4)2-5/h4H,2H2,1H3;3H,1H3. The summed E-state index contributed by atoms with van der Waals surface area (Å²) in [6.07, 6.45) is 0. The van der Waals surface area contributed by atoms with Crippen LogP contribution in [0.1, 0.15) is 13.8 Å². The molecule has 0 rings (SSSR count). The van der Waals surface area contributed by atoms with E-state index in [2.05, 4.69) is 0 Å². The minimum absolute atomic E-state index is 0.00617. The summed E-state index contributed by atoms with van der Waals surface area (Å²) in [6.45, 7) is 3.41. The molecule has 0 aromatic carbocycles. The summed E-state index contributed by atoms with van der Waals surface area (Å²) in [4.78, 5) is 0. The largest absolute Gasteiger partial charge is 0.198 e. The summed E-state index contributed by atoms with van der Waals surface area (Å²) in [7, 11) is 0. The van der Waals surface area contributed by atoms with E-state index >= 15 is 0 Å². The topological polar surface area (TPSA) is 47.6 Å². The number of nitriles is 2. The van der Waals surface area contributed by atoms with Gasteiger partial charge in [0.15, 0.2) is 0 Å². The first-order chi connectivity index (χ1) is 5.08. The minimum Gasteiger partial charge on any atom is -0.198 e. The zero-order valence-corrected chi connectivity index (χ0v) is 8.02. The lowest BCUT2D eigenvalue weighted by molar-refractivity contribution is 0.858. The summed E-state index contributed by atoms with van der Waals surface area (Å²) in [5, 5.41) is 15.4. The van der Waals surface area contributed by atoms with E-state index in [-0.39, 0.29) is 11.3 Å². The van der Waals surface area contributed by atoms with Crippen LogP contribution in [0.4, 0.5) is 0 Å². The maximum absolute atomic E-state index is 8.00. The van der Waals surface area contributed by atoms with Crippen LogP contribution in [0, 0.1) is 28.6 Å². The number of rotatable bonds is 1. The van der Waals surface area contributed by atoms with Gasteiger partial charge in [0.1, 0.15) is 5.38 Å². The second-order valence-electron chi connectivity index (χ2n) is 1.93. The van der Waals surface area contributed by atoms with Crippen molar-refractivity contribution in [3.8, 4) is 12.1 Å². The van der Waals surface area contributed by atoms with Crippen molar-refractivity contribution in [3.05, 3.63) is 0 Å². The van der Waals surface area contributed by atoms with Gasteiger partial charge in [-0.3, -0.25) is 0 Å². The fourth-order valence-electron chi connectivity index (χ4n) is 0.0345. The SMILES string of the molecule is CC(C#N)CCl.CC(Cl)C#N. The molecule has 0 N–H and O–H groups in total. The van der Waals surface area contributed by atoms with Crippen LogP contribution in [-0.4, -0.2) is 11.3 Å². The molecule has 0 saturated carbocycles. The number of hydrogen-bond donors (Lipinski definition) is 0. The molecule has 0 aromatic rings. The average molecular weight is 193 g/mol. The third kappa shape index (κ3) is 17.7. The van der Waals surface area contributed by atoms with Gasteiger partial charge < -0.3 is 0 Å². The summed E-state index contributed by atoms with van der Waals surface area (Å²) < 4.78 is 0. The first kappa shape index (κ1) is 13.2. The second kappa shape index (κ2) is 9.56. The number of nitrogens with zero attached hydrogens (tertiary/aromatic N) is 2. The van der Waals surface area contributed by atoms with Crippen LogP contribution in [0.15, 0.2) is 0 Å². The predicted molar refractivity (Wildman–Crippen MR) is 46.4 cm³/mol. The van der Waals surface area contributed by atoms with E-state index < -0.39 is 0 Å². The van der Waals surface area contributed by atoms with Crippen LogP contribution in [-0.2, 0) is 0 Å². The third-order valence-corrected chi connectivity index (χ3v) is 1.19. The Morgan fingerprint density at radius 1 is 1.27 bits per heavy atom. The molecule has 0 heterocycles. The average Bonchev–Trinajstić information content (AvgIpc) is 2.04. The molecule has 0 aliphatic rings. The Labute approximate surface area is 77.3 Å². The van der Waals surface area contributed by atoms with E-state index in [0.29, 0.717) is 5.88 Å². The Bertz CT molecular complexity index is 155. The highest BCUT2D eigenvalue weighted by Crippen LogP contribution is 1.91. The molecule has 11 heavy (non-hydrogen) atoms. The molecule has 0 amide bonds. The minimum atomic E-state index is -0.338. The molecule has 0 radical (unpaired) electrons. The van der Waals surface area contributed by atoms with Gasteiger partial charge in [0.25, 0.3) is 0 Å². The van der Waals surface area contributed by atoms with Crippen LogP contribution in [0.2, 0.25) is 0 Å². The fraction of sp³-hybridized carbons (Fsp3) is 0.714. The lowest BCUT2D eigenvalue weighted by Crippen LogP contribution is -1.87. The maximum atomic E-state index is 8.00. The first-order valence-corrected chi connectivity index (χ1v) is 4.04. The predicted octanol–water partition coefficient (Wildman–Crippen LogP) is 2.52. The number of hydrogen-bond acceptors (Lipinski definition) is 2. The Morgan fingerprint density at radius 3 is 1.64 bits per heavy atom. The van der Waals surface area contributed by atoms with Crippen molar-refractivity contribution in [2.45, 2.75) is 19.2 Å². The van der Waals surface area contributed by atoms with Gasteiger partial charge in [0, 0.05) is 5.88 Å². The van der Waals surface area contributed by atoms with E-state index in [1.165, 1.54) is 0 Å². The van der Waals surface area contributed by atoms with Crippen LogP contribution >= 0.6 is 23.2 Å². The molecule has 0 bridgehead atoms. The van der Waals surface area contributed by atoms with E-state index in [1.54, 1.807) is 19.9 Å². The Morgan fingerprint density at radius 2 is 1.64 bits per heavy atom. The zero-order valence-electron chi connectivity index (χ0n) is 6.51. The van der Waals surface area contributed by atoms with Crippen LogP contribution in [0.3, 0.4) is 0 Å². The van der Waals surface area contributed by atoms with Crippen LogP contribution in [0.5, 0.6) is 0 Å². The lowest BCUT2D eigenvalue weighted by Gasteiger charge is -1.85. The molecule has 0 aliphatic heterocycles. The number of halogens is 2. The molecule has 0 aliphatic carbocycles. The molecule has 62 valence electrons. The first-order valence-electron chi connectivity index (χ1n) is 3.07. The van der Waals surface area contributed by atoms with Crippen molar-refractivity contribution in [1.82, 2.24) is 0 Å². The molecular weight excluding hydrogens is 183 g/mol. The van der Waals surface area contributed by atoms with Crippen molar-refractivity contribution >= 4 is 23.2 Å². The van der Waals surface area contributed by atoms with Gasteiger partial charge in [0.05, 0.1) is 18.1 Å².